The quantitative estimate of drug-likeness (QED) is 0.138. The normalized spacial score (nSPS) is 11.2. The van der Waals surface area contributed by atoms with Crippen LogP contribution in [0.3, 0.4) is 0 Å². The molecule has 0 amide bonds. The van der Waals surface area contributed by atoms with Crippen LogP contribution in [0.25, 0.3) is 0 Å². The van der Waals surface area contributed by atoms with Gasteiger partial charge in [-0.2, -0.15) is 13.5 Å². The van der Waals surface area contributed by atoms with Crippen LogP contribution in [-0.4, -0.2) is 40.8 Å². The predicted molar refractivity (Wildman–Crippen MR) is 192 cm³/mol. The Morgan fingerprint density at radius 1 is 0.857 bits per heavy atom. The average molecular weight is 724 g/mol. The number of hydrogen-bond donors (Lipinski definition) is 2. The van der Waals surface area contributed by atoms with Gasteiger partial charge < -0.3 is 15.2 Å². The van der Waals surface area contributed by atoms with E-state index in [1.54, 1.807) is 94.7 Å². The van der Waals surface area contributed by atoms with Crippen molar-refractivity contribution in [3.05, 3.63) is 142 Å². The van der Waals surface area contributed by atoms with Gasteiger partial charge in [0.05, 0.1) is 23.4 Å². The Balaban J connectivity index is 0.000000254. The number of hydrogen-bond acceptors (Lipinski definition) is 7. The van der Waals surface area contributed by atoms with Gasteiger partial charge in [-0.05, 0) is 98.6 Å². The van der Waals surface area contributed by atoms with Crippen LogP contribution in [-0.2, 0) is 34.9 Å². The molecular formula is C36H36Cl2N4O6S. The summed E-state index contributed by atoms with van der Waals surface area (Å²) >= 11 is 11.8. The monoisotopic (exact) mass is 722 g/mol. The lowest BCUT2D eigenvalue weighted by atomic mass is 10.1. The minimum absolute atomic E-state index is 0.0356. The summed E-state index contributed by atoms with van der Waals surface area (Å²) < 4.78 is 34.9. The third-order valence-electron chi connectivity index (χ3n) is 6.77. The number of aromatic nitrogens is 2. The molecule has 0 saturated carbocycles. The van der Waals surface area contributed by atoms with E-state index < -0.39 is 27.6 Å². The van der Waals surface area contributed by atoms with Gasteiger partial charge >= 0.3 is 11.9 Å². The second kappa shape index (κ2) is 16.0. The number of carboxylic acids is 1. The molecule has 5 aromatic rings. The largest absolute Gasteiger partial charge is 0.478 e. The number of benzene rings is 4. The average Bonchev–Trinajstić information content (AvgIpc) is 3.51. The highest BCUT2D eigenvalue weighted by atomic mass is 35.5. The zero-order chi connectivity index (χ0) is 35.8. The summed E-state index contributed by atoms with van der Waals surface area (Å²) in [4.78, 5) is 23.4. The van der Waals surface area contributed by atoms with E-state index in [-0.39, 0.29) is 22.7 Å². The van der Waals surface area contributed by atoms with Crippen molar-refractivity contribution in [3.63, 3.8) is 0 Å². The highest BCUT2D eigenvalue weighted by Gasteiger charge is 2.28. The Labute approximate surface area is 295 Å². The van der Waals surface area contributed by atoms with Gasteiger partial charge in [0.2, 0.25) is 0 Å². The van der Waals surface area contributed by atoms with E-state index >= 15 is 0 Å². The second-order valence-electron chi connectivity index (χ2n) is 11.9. The van der Waals surface area contributed by atoms with Crippen molar-refractivity contribution in [1.82, 2.24) is 9.78 Å². The minimum atomic E-state index is -4.00. The number of nitrogens with zero attached hydrogens (tertiary/aromatic N) is 3. The number of carbonyl (C=O) groups excluding carboxylic acids is 1. The molecule has 0 radical (unpaired) electrons. The van der Waals surface area contributed by atoms with Crippen LogP contribution in [0.1, 0.15) is 52.6 Å². The number of nitrogens with one attached hydrogen (secondary N) is 1. The second-order valence-corrected chi connectivity index (χ2v) is 14.6. The lowest BCUT2D eigenvalue weighted by molar-refractivity contribution is 0.00692. The molecule has 2 N–H and O–H groups in total. The molecule has 1 aromatic heterocycles. The van der Waals surface area contributed by atoms with E-state index in [0.717, 1.165) is 16.8 Å². The van der Waals surface area contributed by atoms with Crippen molar-refractivity contribution in [1.29, 1.82) is 0 Å². The Bertz CT molecular complexity index is 2010. The predicted octanol–water partition coefficient (Wildman–Crippen LogP) is 8.07. The summed E-state index contributed by atoms with van der Waals surface area (Å²) in [6.07, 6.45) is 1.56. The summed E-state index contributed by atoms with van der Waals surface area (Å²) in [6, 6.07) is 28.9. The molecule has 0 unspecified atom stereocenters. The molecule has 0 aliphatic heterocycles. The number of carboxylic acid groups (broad SMARTS) is 1. The first-order chi connectivity index (χ1) is 23.1. The number of aryl methyl sites for hydroxylation is 1. The number of anilines is 2. The van der Waals surface area contributed by atoms with Crippen molar-refractivity contribution < 1.29 is 27.9 Å². The van der Waals surface area contributed by atoms with E-state index in [2.05, 4.69) is 10.4 Å². The summed E-state index contributed by atoms with van der Waals surface area (Å²) in [5.41, 5.74) is 2.78. The molecule has 0 spiro atoms. The van der Waals surface area contributed by atoms with E-state index in [1.165, 1.54) is 21.1 Å². The van der Waals surface area contributed by atoms with Gasteiger partial charge in [-0.1, -0.05) is 59.6 Å². The van der Waals surface area contributed by atoms with E-state index in [0.29, 0.717) is 22.3 Å². The van der Waals surface area contributed by atoms with E-state index in [4.69, 9.17) is 33.0 Å². The lowest BCUT2D eigenvalue weighted by Crippen LogP contribution is -2.31. The van der Waals surface area contributed by atoms with E-state index in [1.807, 2.05) is 30.3 Å². The van der Waals surface area contributed by atoms with Crippen LogP contribution in [0.15, 0.2) is 114 Å². The van der Waals surface area contributed by atoms with Crippen molar-refractivity contribution in [3.8, 4) is 0 Å². The molecule has 0 atom stereocenters. The smallest absolute Gasteiger partial charge is 0.338 e. The lowest BCUT2D eigenvalue weighted by Gasteiger charge is -2.24. The first-order valence-corrected chi connectivity index (χ1v) is 17.2. The Hall–Kier alpha value is -4.84. The van der Waals surface area contributed by atoms with Crippen LogP contribution in [0.4, 0.5) is 11.4 Å². The van der Waals surface area contributed by atoms with Gasteiger partial charge in [0.15, 0.2) is 5.03 Å². The van der Waals surface area contributed by atoms with Crippen LogP contribution >= 0.6 is 23.2 Å². The molecule has 0 aliphatic rings. The summed E-state index contributed by atoms with van der Waals surface area (Å²) in [6.45, 7) is 5.97. The van der Waals surface area contributed by atoms with Gasteiger partial charge in [-0.3, -0.25) is 8.99 Å². The molecular weight excluding hydrogens is 687 g/mol. The Morgan fingerprint density at radius 3 is 2.02 bits per heavy atom. The third kappa shape index (κ3) is 10.8. The first-order valence-electron chi connectivity index (χ1n) is 15.0. The Kier molecular flexibility index (Phi) is 12.1. The number of esters is 1. The zero-order valence-electron chi connectivity index (χ0n) is 27.3. The molecule has 13 heteroatoms. The van der Waals surface area contributed by atoms with Gasteiger partial charge in [0.25, 0.3) is 10.0 Å². The number of aromatic carboxylic acids is 1. The minimum Gasteiger partial charge on any atom is -0.478 e. The fourth-order valence-corrected chi connectivity index (χ4v) is 6.06. The number of carbonyl (C=O) groups is 2. The van der Waals surface area contributed by atoms with Crippen molar-refractivity contribution in [2.75, 3.05) is 9.62 Å². The van der Waals surface area contributed by atoms with Gasteiger partial charge in [-0.15, -0.1) is 0 Å². The highest BCUT2D eigenvalue weighted by molar-refractivity contribution is 7.92. The maximum absolute atomic E-state index is 13.4. The summed E-state index contributed by atoms with van der Waals surface area (Å²) in [7, 11) is -2.36. The van der Waals surface area contributed by atoms with Crippen molar-refractivity contribution in [2.45, 2.75) is 44.5 Å². The summed E-state index contributed by atoms with van der Waals surface area (Å²) in [5, 5.41) is 17.3. The summed E-state index contributed by atoms with van der Waals surface area (Å²) in [5.74, 6) is -1.46. The van der Waals surface area contributed by atoms with E-state index in [9.17, 15) is 18.0 Å². The SMILES string of the molecule is Cn1ccc(S(=O)(=O)N(Cc2ccc(Cl)cc2)c2cccc(C(=O)OC(C)(C)C)c2)n1.O=C(O)c1cccc(NCc2ccc(Cl)cc2)c1. The number of ether oxygens (including phenoxy) is 1. The molecule has 10 nitrogen and oxygen atoms in total. The topological polar surface area (TPSA) is 131 Å². The number of halogens is 2. The molecule has 1 heterocycles. The third-order valence-corrected chi connectivity index (χ3v) is 8.94. The first kappa shape index (κ1) is 37.0. The van der Waals surface area contributed by atoms with Crippen LogP contribution < -0.4 is 9.62 Å². The van der Waals surface area contributed by atoms with Gasteiger partial charge in [0.1, 0.15) is 5.60 Å². The fourth-order valence-electron chi connectivity index (χ4n) is 4.41. The molecule has 0 bridgehead atoms. The van der Waals surface area contributed by atoms with Crippen LogP contribution in [0.2, 0.25) is 10.0 Å². The molecule has 4 aromatic carbocycles. The van der Waals surface area contributed by atoms with Crippen LogP contribution in [0, 0.1) is 0 Å². The maximum atomic E-state index is 13.4. The zero-order valence-corrected chi connectivity index (χ0v) is 29.6. The van der Waals surface area contributed by atoms with Crippen molar-refractivity contribution in [2.24, 2.45) is 7.05 Å². The molecule has 256 valence electrons. The van der Waals surface area contributed by atoms with Gasteiger partial charge in [0, 0.05) is 35.5 Å². The Morgan fingerprint density at radius 2 is 1.45 bits per heavy atom. The molecule has 5 rings (SSSR count). The number of sulfonamides is 1. The molecule has 49 heavy (non-hydrogen) atoms. The molecule has 0 aliphatic carbocycles. The standard InChI is InChI=1S/C22H24ClN3O4S.C14H12ClNO2/c1-22(2,3)30-21(27)17-6-5-7-19(14-17)26(15-16-8-10-18(23)11-9-16)31(28,29)20-12-13-25(4)24-20;15-12-6-4-10(5-7-12)9-16-13-3-1-2-11(8-13)14(17)18/h5-14H,15H2,1-4H3;1-8,16H,9H2,(H,17,18). The molecule has 0 saturated heterocycles. The maximum Gasteiger partial charge on any atom is 0.338 e. The number of rotatable bonds is 10. The fraction of sp³-hybridized carbons (Fsp3) is 0.194. The highest BCUT2D eigenvalue weighted by Crippen LogP contribution is 2.27. The van der Waals surface area contributed by atoms with Gasteiger partial charge in [-0.25, -0.2) is 9.59 Å². The van der Waals surface area contributed by atoms with Crippen LogP contribution in [0.5, 0.6) is 0 Å². The molecule has 0 fully saturated rings. The van der Waals surface area contributed by atoms with Crippen molar-refractivity contribution >= 4 is 56.5 Å².